The molecule has 2 fully saturated rings. The van der Waals surface area contributed by atoms with Gasteiger partial charge in [0.15, 0.2) is 0 Å². The quantitative estimate of drug-likeness (QED) is 0.459. The van der Waals surface area contributed by atoms with E-state index in [2.05, 4.69) is 28.7 Å². The molecule has 1 aliphatic heterocycles. The molecule has 0 aromatic carbocycles. The van der Waals surface area contributed by atoms with Crippen LogP contribution in [0.2, 0.25) is 0 Å². The third kappa shape index (κ3) is 4.10. The molecular formula is C23H33N5O. The molecule has 3 N–H and O–H groups in total. The molecule has 0 spiro atoms. The van der Waals surface area contributed by atoms with Crippen LogP contribution in [-0.4, -0.2) is 59.3 Å². The molecule has 6 heteroatoms. The number of ether oxygens (including phenoxy) is 1. The minimum Gasteiger partial charge on any atom is -0.379 e. The summed E-state index contributed by atoms with van der Waals surface area (Å²) in [7, 11) is 1.85. The lowest BCUT2D eigenvalue weighted by Crippen LogP contribution is -2.44. The average molecular weight is 396 g/mol. The molecule has 29 heavy (non-hydrogen) atoms. The number of hydrazine groups is 1. The van der Waals surface area contributed by atoms with Crippen LogP contribution in [0.5, 0.6) is 0 Å². The number of aromatic nitrogens is 2. The molecule has 4 rings (SSSR count). The first-order chi connectivity index (χ1) is 14.1. The van der Waals surface area contributed by atoms with Crippen LogP contribution in [0.1, 0.15) is 49.7 Å². The van der Waals surface area contributed by atoms with Crippen LogP contribution in [0.3, 0.4) is 0 Å². The van der Waals surface area contributed by atoms with Gasteiger partial charge in [0.2, 0.25) is 0 Å². The highest BCUT2D eigenvalue weighted by molar-refractivity contribution is 5.94. The Bertz CT molecular complexity index is 886. The van der Waals surface area contributed by atoms with Gasteiger partial charge in [-0.2, -0.15) is 0 Å². The van der Waals surface area contributed by atoms with Crippen molar-refractivity contribution in [3.63, 3.8) is 0 Å². The van der Waals surface area contributed by atoms with Crippen molar-refractivity contribution in [1.82, 2.24) is 19.9 Å². The van der Waals surface area contributed by atoms with E-state index in [1.165, 1.54) is 31.2 Å². The summed E-state index contributed by atoms with van der Waals surface area (Å²) in [6.07, 6.45) is 10.9. The topological polar surface area (TPSA) is 70.4 Å². The number of nitrogens with one attached hydrogen (secondary N) is 1. The van der Waals surface area contributed by atoms with Gasteiger partial charge in [-0.15, -0.1) is 0 Å². The van der Waals surface area contributed by atoms with Crippen molar-refractivity contribution in [2.45, 2.75) is 44.6 Å². The van der Waals surface area contributed by atoms with Gasteiger partial charge >= 0.3 is 0 Å². The lowest BCUT2D eigenvalue weighted by Gasteiger charge is -2.38. The summed E-state index contributed by atoms with van der Waals surface area (Å²) in [5.41, 5.74) is 5.40. The first-order valence-corrected chi connectivity index (χ1v) is 10.7. The van der Waals surface area contributed by atoms with Crippen LogP contribution in [0.25, 0.3) is 16.6 Å². The first kappa shape index (κ1) is 20.1. The van der Waals surface area contributed by atoms with E-state index >= 15 is 0 Å². The highest BCUT2D eigenvalue weighted by Crippen LogP contribution is 2.37. The van der Waals surface area contributed by atoms with Gasteiger partial charge in [0.1, 0.15) is 5.65 Å². The fourth-order valence-electron chi connectivity index (χ4n) is 4.83. The Morgan fingerprint density at radius 3 is 2.69 bits per heavy atom. The molecule has 156 valence electrons. The molecular weight excluding hydrogens is 362 g/mol. The van der Waals surface area contributed by atoms with Crippen molar-refractivity contribution in [2.75, 3.05) is 33.4 Å². The SMILES string of the molecule is C=C/C(=C(/C)N(C)N)c1c[nH]c2ncc(C3CCC(N4CCOCC4)CC3)cc12. The molecule has 1 aliphatic carbocycles. The van der Waals surface area contributed by atoms with Crippen LogP contribution in [0.15, 0.2) is 36.8 Å². The van der Waals surface area contributed by atoms with Crippen molar-refractivity contribution in [3.05, 3.63) is 47.9 Å². The van der Waals surface area contributed by atoms with Crippen molar-refractivity contribution in [3.8, 4) is 0 Å². The molecule has 2 aliphatic rings. The molecule has 3 heterocycles. The van der Waals surface area contributed by atoms with Crippen LogP contribution in [0.4, 0.5) is 0 Å². The van der Waals surface area contributed by atoms with E-state index in [1.807, 2.05) is 26.2 Å². The average Bonchev–Trinajstić information content (AvgIpc) is 3.18. The molecule has 2 aromatic rings. The van der Waals surface area contributed by atoms with Gasteiger partial charge in [-0.1, -0.05) is 12.7 Å². The summed E-state index contributed by atoms with van der Waals surface area (Å²) in [4.78, 5) is 10.7. The maximum atomic E-state index is 5.97. The molecule has 0 bridgehead atoms. The summed E-state index contributed by atoms with van der Waals surface area (Å²) in [6.45, 7) is 9.95. The summed E-state index contributed by atoms with van der Waals surface area (Å²) in [5.74, 6) is 6.56. The van der Waals surface area contributed by atoms with Gasteiger partial charge in [-0.3, -0.25) is 4.90 Å². The number of nitrogens with two attached hydrogens (primary N) is 1. The standard InChI is InChI=1S/C23H33N5O/c1-4-20(16(2)27(3)24)22-15-26-23-21(22)13-18(14-25-23)17-5-7-19(8-6-17)28-9-11-29-12-10-28/h4,13-15,17,19H,1,5-12,24H2,2-3H3,(H,25,26)/b20-16+. The second kappa shape index (κ2) is 8.69. The van der Waals surface area contributed by atoms with Crippen LogP contribution in [-0.2, 0) is 4.74 Å². The molecule has 0 unspecified atom stereocenters. The van der Waals surface area contributed by atoms with E-state index in [-0.39, 0.29) is 0 Å². The van der Waals surface area contributed by atoms with Gasteiger partial charge in [0.05, 0.1) is 13.2 Å². The van der Waals surface area contributed by atoms with Gasteiger partial charge in [0, 0.05) is 60.8 Å². The largest absolute Gasteiger partial charge is 0.379 e. The minimum atomic E-state index is 0.585. The van der Waals surface area contributed by atoms with Crippen molar-refractivity contribution >= 4 is 16.6 Å². The molecule has 0 amide bonds. The zero-order valence-electron chi connectivity index (χ0n) is 17.7. The first-order valence-electron chi connectivity index (χ1n) is 10.7. The molecule has 6 nitrogen and oxygen atoms in total. The van der Waals surface area contributed by atoms with E-state index in [0.717, 1.165) is 54.2 Å². The number of rotatable bonds is 5. The Balaban J connectivity index is 1.55. The monoisotopic (exact) mass is 395 g/mol. The third-order valence-corrected chi connectivity index (χ3v) is 6.70. The van der Waals surface area contributed by atoms with E-state index in [1.54, 1.807) is 5.01 Å². The second-order valence-corrected chi connectivity index (χ2v) is 8.34. The van der Waals surface area contributed by atoms with Gasteiger partial charge in [0.25, 0.3) is 0 Å². The predicted octanol–water partition coefficient (Wildman–Crippen LogP) is 3.64. The number of fused-ring (bicyclic) bond motifs is 1. The highest BCUT2D eigenvalue weighted by Gasteiger charge is 2.28. The molecule has 0 radical (unpaired) electrons. The fraction of sp³-hybridized carbons (Fsp3) is 0.522. The lowest BCUT2D eigenvalue weighted by atomic mass is 9.81. The molecule has 0 atom stereocenters. The maximum absolute atomic E-state index is 5.97. The Hall–Kier alpha value is -2.15. The predicted molar refractivity (Wildman–Crippen MR) is 118 cm³/mol. The number of H-pyrrole nitrogens is 1. The van der Waals surface area contributed by atoms with E-state index in [4.69, 9.17) is 15.6 Å². The number of aromatic amines is 1. The van der Waals surface area contributed by atoms with Crippen LogP contribution in [0, 0.1) is 0 Å². The van der Waals surface area contributed by atoms with Crippen molar-refractivity contribution in [1.29, 1.82) is 0 Å². The van der Waals surface area contributed by atoms with Crippen LogP contribution >= 0.6 is 0 Å². The lowest BCUT2D eigenvalue weighted by molar-refractivity contribution is 0.00729. The van der Waals surface area contributed by atoms with Crippen molar-refractivity contribution in [2.24, 2.45) is 5.84 Å². The Morgan fingerprint density at radius 1 is 1.31 bits per heavy atom. The minimum absolute atomic E-state index is 0.585. The summed E-state index contributed by atoms with van der Waals surface area (Å²) in [6, 6.07) is 3.04. The van der Waals surface area contributed by atoms with E-state index < -0.39 is 0 Å². The molecule has 1 saturated heterocycles. The zero-order chi connectivity index (χ0) is 20.4. The second-order valence-electron chi connectivity index (χ2n) is 8.34. The van der Waals surface area contributed by atoms with Crippen LogP contribution < -0.4 is 5.84 Å². The Kier molecular flexibility index (Phi) is 6.04. The van der Waals surface area contributed by atoms with E-state index in [9.17, 15) is 0 Å². The number of morpholine rings is 1. The Morgan fingerprint density at radius 2 is 2.03 bits per heavy atom. The molecule has 2 aromatic heterocycles. The third-order valence-electron chi connectivity index (χ3n) is 6.70. The van der Waals surface area contributed by atoms with Crippen molar-refractivity contribution < 1.29 is 4.74 Å². The Labute approximate surface area is 173 Å². The number of nitrogens with zero attached hydrogens (tertiary/aromatic N) is 3. The normalized spacial score (nSPS) is 24.4. The number of hydrogen-bond donors (Lipinski definition) is 2. The molecule has 1 saturated carbocycles. The number of pyridine rings is 1. The van der Waals surface area contributed by atoms with Gasteiger partial charge in [-0.05, 0) is 50.2 Å². The van der Waals surface area contributed by atoms with Gasteiger partial charge < -0.3 is 14.7 Å². The van der Waals surface area contributed by atoms with Gasteiger partial charge in [-0.25, -0.2) is 10.8 Å². The summed E-state index contributed by atoms with van der Waals surface area (Å²) < 4.78 is 5.51. The fourth-order valence-corrected chi connectivity index (χ4v) is 4.83. The number of allylic oxidation sites excluding steroid dienone is 3. The summed E-state index contributed by atoms with van der Waals surface area (Å²) in [5, 5.41) is 2.79. The highest BCUT2D eigenvalue weighted by atomic mass is 16.5. The number of hydrogen-bond acceptors (Lipinski definition) is 5. The smallest absolute Gasteiger partial charge is 0.137 e. The zero-order valence-corrected chi connectivity index (χ0v) is 17.7. The maximum Gasteiger partial charge on any atom is 0.137 e. The van der Waals surface area contributed by atoms with E-state index in [0.29, 0.717) is 12.0 Å². The summed E-state index contributed by atoms with van der Waals surface area (Å²) >= 11 is 0.